The van der Waals surface area contributed by atoms with Crippen LogP contribution in [0.3, 0.4) is 0 Å². The van der Waals surface area contributed by atoms with Crippen LogP contribution in [0.15, 0.2) is 4.99 Å². The van der Waals surface area contributed by atoms with Crippen molar-refractivity contribution in [2.45, 2.75) is 0 Å². The predicted octanol–water partition coefficient (Wildman–Crippen LogP) is 0.293. The molecule has 0 aromatic carbocycles. The summed E-state index contributed by atoms with van der Waals surface area (Å²) in [7, 11) is 3.61. The summed E-state index contributed by atoms with van der Waals surface area (Å²) in [6, 6.07) is -0.478. The molecule has 12 heavy (non-hydrogen) atoms. The average molecular weight is 207 g/mol. The van der Waals surface area contributed by atoms with Crippen LogP contribution in [-0.4, -0.2) is 35.6 Å². The molecule has 0 saturated carbocycles. The number of amidine groups is 1. The minimum atomic E-state index is -0.478. The Morgan fingerprint density at radius 2 is 2.33 bits per heavy atom. The highest BCUT2D eigenvalue weighted by molar-refractivity contribution is 8.13. The van der Waals surface area contributed by atoms with Crippen LogP contribution in [0.5, 0.6) is 0 Å². The van der Waals surface area contributed by atoms with Gasteiger partial charge in [-0.25, -0.2) is 4.79 Å². The van der Waals surface area contributed by atoms with Crippen molar-refractivity contribution in [2.75, 3.05) is 13.3 Å². The highest BCUT2D eigenvalue weighted by atomic mass is 32.2. The molecule has 1 unspecified atom stereocenters. The number of nitrogens with zero attached hydrogens (tertiary/aromatic N) is 2. The lowest BCUT2D eigenvalue weighted by atomic mass is 11.0. The number of aliphatic imine (C=N–C) groups is 1. The number of urea groups is 1. The first-order valence-electron chi connectivity index (χ1n) is 2.99. The third kappa shape index (κ3) is 3.69. The van der Waals surface area contributed by atoms with E-state index in [0.29, 0.717) is 11.6 Å². The Morgan fingerprint density at radius 1 is 1.75 bits per heavy atom. The second kappa shape index (κ2) is 5.97. The van der Waals surface area contributed by atoms with E-state index in [1.807, 2.05) is 0 Å². The van der Waals surface area contributed by atoms with Gasteiger partial charge >= 0.3 is 6.03 Å². The molecule has 68 valence electrons. The summed E-state index contributed by atoms with van der Waals surface area (Å²) in [6.45, 7) is 0. The van der Waals surface area contributed by atoms with E-state index >= 15 is 0 Å². The summed E-state index contributed by atoms with van der Waals surface area (Å²) in [5, 5.41) is 2.65. The average Bonchev–Trinajstić information content (AvgIpc) is 2.12. The normalized spacial score (nSPS) is 10.8. The molecule has 0 radical (unpaired) electrons. The molecular weight excluding hydrogens is 197 g/mol. The first-order chi connectivity index (χ1) is 5.65. The van der Waals surface area contributed by atoms with E-state index < -0.39 is 6.03 Å². The van der Waals surface area contributed by atoms with Gasteiger partial charge in [-0.2, -0.15) is 4.99 Å². The van der Waals surface area contributed by atoms with E-state index in [0.717, 1.165) is 4.67 Å². The quantitative estimate of drug-likeness (QED) is 0.291. The number of thioether (sulfide) groups is 1. The van der Waals surface area contributed by atoms with Gasteiger partial charge < -0.3 is 5.32 Å². The van der Waals surface area contributed by atoms with Gasteiger partial charge in [0.2, 0.25) is 6.41 Å². The maximum absolute atomic E-state index is 10.7. The molecule has 1 atom stereocenters. The zero-order valence-electron chi connectivity index (χ0n) is 6.77. The van der Waals surface area contributed by atoms with Gasteiger partial charge in [0.1, 0.15) is 0 Å². The van der Waals surface area contributed by atoms with E-state index in [9.17, 15) is 9.59 Å². The number of rotatable bonds is 1. The highest BCUT2D eigenvalue weighted by Gasteiger charge is 2.05. The SMILES string of the molecule is CNC(=O)/N=C(/SC)N(P)C=O. The number of nitrogens with one attached hydrogen (secondary N) is 1. The van der Waals surface area contributed by atoms with Crippen LogP contribution < -0.4 is 5.32 Å². The molecule has 0 spiro atoms. The number of carbonyl (C=O) groups excluding carboxylic acids is 2. The van der Waals surface area contributed by atoms with Crippen molar-refractivity contribution in [1.29, 1.82) is 0 Å². The standard InChI is InChI=1S/C5H10N3O2PS/c1-6-4(10)7-5(12-2)8(11)3-9/h3H,11H2,1-2H3,(H,6,10)/b7-5+. The van der Waals surface area contributed by atoms with Crippen molar-refractivity contribution in [3.63, 3.8) is 0 Å². The number of amides is 3. The van der Waals surface area contributed by atoms with Crippen LogP contribution in [0.25, 0.3) is 0 Å². The fraction of sp³-hybridized carbons (Fsp3) is 0.400. The van der Waals surface area contributed by atoms with E-state index in [1.165, 1.54) is 18.8 Å². The molecule has 0 saturated heterocycles. The van der Waals surface area contributed by atoms with Crippen molar-refractivity contribution in [3.05, 3.63) is 0 Å². The Hall–Kier alpha value is -0.610. The van der Waals surface area contributed by atoms with Crippen LogP contribution in [0.4, 0.5) is 4.79 Å². The molecule has 7 heteroatoms. The van der Waals surface area contributed by atoms with Gasteiger partial charge in [0.05, 0.1) is 0 Å². The van der Waals surface area contributed by atoms with Gasteiger partial charge in [0, 0.05) is 7.05 Å². The van der Waals surface area contributed by atoms with Crippen molar-refractivity contribution in [3.8, 4) is 0 Å². The van der Waals surface area contributed by atoms with Gasteiger partial charge in [-0.15, -0.1) is 0 Å². The topological polar surface area (TPSA) is 61.8 Å². The van der Waals surface area contributed by atoms with E-state index in [-0.39, 0.29) is 0 Å². The van der Waals surface area contributed by atoms with Gasteiger partial charge in [-0.05, 0) is 15.6 Å². The first-order valence-corrected chi connectivity index (χ1v) is 4.73. The van der Waals surface area contributed by atoms with E-state index in [1.54, 1.807) is 6.26 Å². The summed E-state index contributed by atoms with van der Waals surface area (Å²) in [5.41, 5.74) is 0. The number of hydrogen-bond acceptors (Lipinski definition) is 3. The fourth-order valence-corrected chi connectivity index (χ4v) is 1.20. The van der Waals surface area contributed by atoms with E-state index in [2.05, 4.69) is 19.7 Å². The molecule has 0 rings (SSSR count). The summed E-state index contributed by atoms with van der Waals surface area (Å²) < 4.78 is 1.15. The second-order valence-electron chi connectivity index (χ2n) is 1.67. The smallest absolute Gasteiger partial charge is 0.339 e. The molecule has 1 N–H and O–H groups in total. The first kappa shape index (κ1) is 11.4. The molecule has 0 aliphatic rings. The van der Waals surface area contributed by atoms with Crippen LogP contribution >= 0.6 is 21.2 Å². The lowest BCUT2D eigenvalue weighted by Crippen LogP contribution is -2.21. The molecule has 0 aliphatic heterocycles. The summed E-state index contributed by atoms with van der Waals surface area (Å²) in [5.74, 6) is 0. The van der Waals surface area contributed by atoms with Crippen molar-refractivity contribution >= 4 is 38.8 Å². The number of carbonyl (C=O) groups is 2. The Bertz CT molecular complexity index is 209. The van der Waals surface area contributed by atoms with Crippen LogP contribution in [-0.2, 0) is 4.79 Å². The zero-order chi connectivity index (χ0) is 9.56. The third-order valence-corrected chi connectivity index (χ3v) is 2.15. The lowest BCUT2D eigenvalue weighted by molar-refractivity contribution is -0.111. The maximum atomic E-state index is 10.7. The number of hydrogen-bond donors (Lipinski definition) is 1. The Morgan fingerprint density at radius 3 is 2.67 bits per heavy atom. The van der Waals surface area contributed by atoms with Gasteiger partial charge in [0.15, 0.2) is 5.17 Å². The predicted molar refractivity (Wildman–Crippen MR) is 53.0 cm³/mol. The van der Waals surface area contributed by atoms with Crippen molar-refractivity contribution < 1.29 is 9.59 Å². The zero-order valence-corrected chi connectivity index (χ0v) is 8.75. The molecular formula is C5H10N3O2PS. The highest BCUT2D eigenvalue weighted by Crippen LogP contribution is 2.07. The molecule has 0 bridgehead atoms. The summed E-state index contributed by atoms with van der Waals surface area (Å²) >= 11 is 1.21. The molecule has 0 aromatic heterocycles. The second-order valence-corrected chi connectivity index (χ2v) is 3.00. The Kier molecular flexibility index (Phi) is 5.66. The Balaban J connectivity index is 4.41. The molecule has 0 fully saturated rings. The minimum absolute atomic E-state index is 0.328. The lowest BCUT2D eigenvalue weighted by Gasteiger charge is -2.09. The van der Waals surface area contributed by atoms with Gasteiger partial charge in [-0.1, -0.05) is 11.8 Å². The molecule has 5 nitrogen and oxygen atoms in total. The monoisotopic (exact) mass is 207 g/mol. The van der Waals surface area contributed by atoms with Gasteiger partial charge in [0.25, 0.3) is 0 Å². The third-order valence-electron chi connectivity index (χ3n) is 0.928. The largest absolute Gasteiger partial charge is 0.343 e. The minimum Gasteiger partial charge on any atom is -0.339 e. The summed E-state index contributed by atoms with van der Waals surface area (Å²) in [4.78, 5) is 24.6. The Labute approximate surface area is 77.2 Å². The van der Waals surface area contributed by atoms with Crippen LogP contribution in [0.2, 0.25) is 0 Å². The van der Waals surface area contributed by atoms with Crippen molar-refractivity contribution in [2.24, 2.45) is 4.99 Å². The van der Waals surface area contributed by atoms with Gasteiger partial charge in [-0.3, -0.25) is 9.46 Å². The molecule has 0 aromatic rings. The maximum Gasteiger partial charge on any atom is 0.343 e. The van der Waals surface area contributed by atoms with E-state index in [4.69, 9.17) is 0 Å². The summed E-state index contributed by atoms with van der Waals surface area (Å²) in [6.07, 6.45) is 2.28. The van der Waals surface area contributed by atoms with Crippen LogP contribution in [0.1, 0.15) is 0 Å². The molecule has 0 aliphatic carbocycles. The molecule has 0 heterocycles. The fourth-order valence-electron chi connectivity index (χ4n) is 0.397. The molecule has 3 amide bonds. The van der Waals surface area contributed by atoms with Crippen molar-refractivity contribution in [1.82, 2.24) is 9.99 Å². The van der Waals surface area contributed by atoms with Crippen LogP contribution in [0, 0.1) is 0 Å².